The van der Waals surface area contributed by atoms with Crippen LogP contribution in [-0.2, 0) is 4.57 Å². The minimum Gasteiger partial charge on any atom is -0.326 e. The summed E-state index contributed by atoms with van der Waals surface area (Å²) in [7, 11) is -3.13. The minimum absolute atomic E-state index is 0.914. The molecule has 4 rings (SSSR count). The van der Waals surface area contributed by atoms with Gasteiger partial charge in [0.2, 0.25) is 0 Å². The molecule has 0 radical (unpaired) electrons. The predicted octanol–water partition coefficient (Wildman–Crippen LogP) is 1.28. The van der Waals surface area contributed by atoms with Crippen molar-refractivity contribution in [3.8, 4) is 0 Å². The van der Waals surface area contributed by atoms with Gasteiger partial charge in [0.05, 0.1) is 11.0 Å². The molecule has 10 heteroatoms. The Morgan fingerprint density at radius 2 is 1.14 bits per heavy atom. The maximum Gasteiger partial charge on any atom is 0.314 e. The molecule has 2 aromatic heterocycles. The molecule has 22 heavy (non-hydrogen) atoms. The first-order valence-electron chi connectivity index (χ1n) is 6.10. The molecule has 0 aliphatic rings. The summed E-state index contributed by atoms with van der Waals surface area (Å²) in [4.78, 5) is 14.3. The van der Waals surface area contributed by atoms with Crippen molar-refractivity contribution in [3.05, 3.63) is 48.5 Å². The van der Waals surface area contributed by atoms with Gasteiger partial charge in [0.25, 0.3) is 0 Å². The van der Waals surface area contributed by atoms with Crippen molar-refractivity contribution in [1.82, 2.24) is 30.8 Å². The lowest BCUT2D eigenvalue weighted by atomic mass is 10.3. The highest BCUT2D eigenvalue weighted by Crippen LogP contribution is 2.04. The number of rotatable bonds is 0. The summed E-state index contributed by atoms with van der Waals surface area (Å²) in [6.45, 7) is 0. The lowest BCUT2D eigenvalue weighted by molar-refractivity contribution is 0.405. The summed E-state index contributed by atoms with van der Waals surface area (Å²) < 4.78 is 8.74. The maximum absolute atomic E-state index is 8.74. The minimum atomic E-state index is -3.13. The molecule has 0 aliphatic heterocycles. The third kappa shape index (κ3) is 4.74. The molecule has 0 unspecified atom stereocenters. The van der Waals surface area contributed by atoms with Gasteiger partial charge < -0.3 is 9.79 Å². The van der Waals surface area contributed by atoms with Gasteiger partial charge in [0.15, 0.2) is 0 Å². The summed E-state index contributed by atoms with van der Waals surface area (Å²) in [5, 5.41) is 20.4. The third-order valence-electron chi connectivity index (χ3n) is 2.46. The second-order valence-corrected chi connectivity index (χ2v) is 4.51. The predicted molar refractivity (Wildman–Crippen MR) is 81.2 cm³/mol. The van der Waals surface area contributed by atoms with Crippen LogP contribution in [0.15, 0.2) is 48.5 Å². The van der Waals surface area contributed by atoms with Crippen molar-refractivity contribution >= 4 is 30.3 Å². The first-order valence-corrected chi connectivity index (χ1v) is 7.40. The Hall–Kier alpha value is -2.61. The van der Waals surface area contributed by atoms with Crippen molar-refractivity contribution in [2.75, 3.05) is 0 Å². The number of benzene rings is 2. The normalized spacial score (nSPS) is 9.95. The van der Waals surface area contributed by atoms with Crippen LogP contribution in [0.4, 0.5) is 0 Å². The van der Waals surface area contributed by atoms with Crippen LogP contribution >= 0.6 is 8.25 Å². The fraction of sp³-hybridized carbons (Fsp3) is 0. The Balaban J connectivity index is 0.000000131. The number of aromatic amines is 2. The van der Waals surface area contributed by atoms with Gasteiger partial charge in [-0.15, -0.1) is 10.2 Å². The fourth-order valence-corrected chi connectivity index (χ4v) is 1.58. The van der Waals surface area contributed by atoms with Crippen LogP contribution in [0.3, 0.4) is 0 Å². The van der Waals surface area contributed by atoms with E-state index in [0.717, 1.165) is 22.1 Å². The molecule has 0 atom stereocenters. The molecule has 4 N–H and O–H groups in total. The van der Waals surface area contributed by atoms with Crippen LogP contribution in [0.1, 0.15) is 0 Å². The Morgan fingerprint density at radius 3 is 1.50 bits per heavy atom. The first-order chi connectivity index (χ1) is 10.7. The van der Waals surface area contributed by atoms with E-state index >= 15 is 0 Å². The van der Waals surface area contributed by atoms with E-state index in [4.69, 9.17) is 14.4 Å². The summed E-state index contributed by atoms with van der Waals surface area (Å²) in [6.07, 6.45) is 0. The van der Waals surface area contributed by atoms with Gasteiger partial charge in [-0.2, -0.15) is 0 Å². The molecule has 0 fully saturated rings. The number of para-hydroxylation sites is 2. The molecule has 2 heterocycles. The van der Waals surface area contributed by atoms with Crippen LogP contribution in [0.25, 0.3) is 22.1 Å². The van der Waals surface area contributed by atoms with Gasteiger partial charge in [0, 0.05) is 0 Å². The molecule has 9 nitrogen and oxygen atoms in total. The van der Waals surface area contributed by atoms with Gasteiger partial charge in [0.1, 0.15) is 11.0 Å². The van der Waals surface area contributed by atoms with Gasteiger partial charge in [-0.25, -0.2) is 0 Å². The lowest BCUT2D eigenvalue weighted by Crippen LogP contribution is -1.63. The van der Waals surface area contributed by atoms with Crippen LogP contribution in [0.5, 0.6) is 0 Å². The van der Waals surface area contributed by atoms with E-state index in [1.807, 2.05) is 48.5 Å². The van der Waals surface area contributed by atoms with Crippen LogP contribution < -0.4 is 0 Å². The number of hydrogen-bond donors (Lipinski definition) is 4. The largest absolute Gasteiger partial charge is 0.326 e. The Kier molecular flexibility index (Phi) is 5.73. The molecule has 0 amide bonds. The SMILES string of the molecule is O=[PH](O)O.c1ccc2[nH]nnc2c1.c1ccc2[nH]nnc2c1. The standard InChI is InChI=1S/2C6H5N3.H3O3P/c2*1-2-4-6-5(3-1)7-9-8-6;1-4(2)3/h2*1-4H,(H,7,8,9);4H,(H2,1,2,3). The number of hydrogen-bond acceptors (Lipinski definition) is 5. The van der Waals surface area contributed by atoms with E-state index in [2.05, 4.69) is 30.8 Å². The highest BCUT2D eigenvalue weighted by molar-refractivity contribution is 7.30. The topological polar surface area (TPSA) is 141 Å². The monoisotopic (exact) mass is 320 g/mol. The van der Waals surface area contributed by atoms with Crippen molar-refractivity contribution in [3.63, 3.8) is 0 Å². The zero-order valence-electron chi connectivity index (χ0n) is 11.2. The van der Waals surface area contributed by atoms with E-state index in [-0.39, 0.29) is 0 Å². The number of H-pyrrole nitrogens is 2. The summed E-state index contributed by atoms with van der Waals surface area (Å²) in [6, 6.07) is 15.5. The average Bonchev–Trinajstić information content (AvgIpc) is 3.16. The maximum atomic E-state index is 8.74. The molecule has 0 aliphatic carbocycles. The van der Waals surface area contributed by atoms with Crippen molar-refractivity contribution in [2.24, 2.45) is 0 Å². The zero-order valence-corrected chi connectivity index (χ0v) is 12.2. The number of nitrogens with one attached hydrogen (secondary N) is 2. The van der Waals surface area contributed by atoms with Gasteiger partial charge in [-0.3, -0.25) is 14.8 Å². The second-order valence-electron chi connectivity index (χ2n) is 3.94. The van der Waals surface area contributed by atoms with E-state index in [1.165, 1.54) is 0 Å². The average molecular weight is 320 g/mol. The van der Waals surface area contributed by atoms with Crippen LogP contribution in [-0.4, -0.2) is 40.6 Å². The number of nitrogens with zero attached hydrogens (tertiary/aromatic N) is 4. The second kappa shape index (κ2) is 7.99. The van der Waals surface area contributed by atoms with E-state index < -0.39 is 8.25 Å². The van der Waals surface area contributed by atoms with E-state index in [9.17, 15) is 0 Å². The number of aromatic nitrogens is 6. The molecular formula is C12H13N6O3P. The van der Waals surface area contributed by atoms with E-state index in [1.54, 1.807) is 0 Å². The molecule has 2 aromatic carbocycles. The summed E-state index contributed by atoms with van der Waals surface area (Å²) >= 11 is 0. The number of fused-ring (bicyclic) bond motifs is 2. The summed E-state index contributed by atoms with van der Waals surface area (Å²) in [5.41, 5.74) is 3.80. The van der Waals surface area contributed by atoms with Gasteiger partial charge in [-0.1, -0.05) is 34.7 Å². The molecule has 4 aromatic rings. The molecule has 0 saturated heterocycles. The molecule has 0 bridgehead atoms. The Morgan fingerprint density at radius 1 is 0.773 bits per heavy atom. The van der Waals surface area contributed by atoms with Crippen molar-refractivity contribution in [2.45, 2.75) is 0 Å². The first kappa shape index (κ1) is 15.8. The highest BCUT2D eigenvalue weighted by Gasteiger charge is 1.90. The van der Waals surface area contributed by atoms with Crippen LogP contribution in [0, 0.1) is 0 Å². The zero-order chi connectivity index (χ0) is 15.8. The third-order valence-corrected chi connectivity index (χ3v) is 2.46. The fourth-order valence-electron chi connectivity index (χ4n) is 1.58. The molecule has 114 valence electrons. The molecule has 0 spiro atoms. The van der Waals surface area contributed by atoms with E-state index in [0.29, 0.717) is 0 Å². The summed E-state index contributed by atoms with van der Waals surface area (Å²) in [5.74, 6) is 0. The highest BCUT2D eigenvalue weighted by atomic mass is 31.1. The van der Waals surface area contributed by atoms with Crippen molar-refractivity contribution in [1.29, 1.82) is 0 Å². The van der Waals surface area contributed by atoms with Gasteiger partial charge in [-0.05, 0) is 24.3 Å². The molecular weight excluding hydrogens is 307 g/mol. The quantitative estimate of drug-likeness (QED) is 0.358. The molecule has 0 saturated carbocycles. The van der Waals surface area contributed by atoms with Crippen LogP contribution in [0.2, 0.25) is 0 Å². The lowest BCUT2D eigenvalue weighted by Gasteiger charge is -1.79. The Bertz CT molecular complexity index is 731. The van der Waals surface area contributed by atoms with Gasteiger partial charge >= 0.3 is 8.25 Å². The smallest absolute Gasteiger partial charge is 0.314 e. The Labute approximate surface area is 125 Å². The van der Waals surface area contributed by atoms with Crippen molar-refractivity contribution < 1.29 is 14.4 Å².